The molecule has 0 aliphatic rings. The SMILES string of the molecule is Cc1cccc(OCc2ccc(C(=O)Nc3ccccc3)o2)c1. The lowest BCUT2D eigenvalue weighted by Gasteiger charge is -2.05. The first-order valence-electron chi connectivity index (χ1n) is 7.35. The summed E-state index contributed by atoms with van der Waals surface area (Å²) >= 11 is 0. The molecule has 0 radical (unpaired) electrons. The van der Waals surface area contributed by atoms with E-state index in [-0.39, 0.29) is 18.3 Å². The van der Waals surface area contributed by atoms with Crippen LogP contribution in [0.1, 0.15) is 21.9 Å². The molecule has 0 aliphatic heterocycles. The fourth-order valence-electron chi connectivity index (χ4n) is 2.15. The van der Waals surface area contributed by atoms with Crippen molar-refractivity contribution >= 4 is 11.6 Å². The molecule has 1 N–H and O–H groups in total. The van der Waals surface area contributed by atoms with Crippen LogP contribution in [0.5, 0.6) is 5.75 Å². The topological polar surface area (TPSA) is 51.5 Å². The molecule has 2 aromatic carbocycles. The van der Waals surface area contributed by atoms with E-state index >= 15 is 0 Å². The molecule has 116 valence electrons. The van der Waals surface area contributed by atoms with Crippen molar-refractivity contribution in [3.05, 3.63) is 83.8 Å². The first-order valence-corrected chi connectivity index (χ1v) is 7.35. The molecule has 1 heterocycles. The van der Waals surface area contributed by atoms with E-state index in [1.807, 2.05) is 61.5 Å². The van der Waals surface area contributed by atoms with E-state index in [0.717, 1.165) is 17.0 Å². The van der Waals surface area contributed by atoms with Gasteiger partial charge in [0.05, 0.1) is 0 Å². The molecule has 0 atom stereocenters. The molecule has 3 rings (SSSR count). The Kier molecular flexibility index (Phi) is 4.43. The summed E-state index contributed by atoms with van der Waals surface area (Å²) in [7, 11) is 0. The predicted octanol–water partition coefficient (Wildman–Crippen LogP) is 4.42. The zero-order chi connectivity index (χ0) is 16.1. The summed E-state index contributed by atoms with van der Waals surface area (Å²) in [6, 6.07) is 20.4. The van der Waals surface area contributed by atoms with Crippen LogP contribution in [0.25, 0.3) is 0 Å². The third-order valence-corrected chi connectivity index (χ3v) is 3.29. The van der Waals surface area contributed by atoms with Crippen LogP contribution in [0.4, 0.5) is 5.69 Å². The van der Waals surface area contributed by atoms with E-state index in [4.69, 9.17) is 9.15 Å². The number of carbonyl (C=O) groups excluding carboxylic acids is 1. The van der Waals surface area contributed by atoms with Gasteiger partial charge >= 0.3 is 0 Å². The van der Waals surface area contributed by atoms with Gasteiger partial charge in [-0.1, -0.05) is 30.3 Å². The zero-order valence-corrected chi connectivity index (χ0v) is 12.8. The van der Waals surface area contributed by atoms with Crippen LogP contribution in [-0.2, 0) is 6.61 Å². The Labute approximate surface area is 134 Å². The fraction of sp³-hybridized carbons (Fsp3) is 0.105. The van der Waals surface area contributed by atoms with E-state index in [1.165, 1.54) is 0 Å². The lowest BCUT2D eigenvalue weighted by molar-refractivity contribution is 0.0992. The molecule has 4 heteroatoms. The van der Waals surface area contributed by atoms with Gasteiger partial charge in [-0.15, -0.1) is 0 Å². The number of benzene rings is 2. The Morgan fingerprint density at radius 2 is 1.87 bits per heavy atom. The second kappa shape index (κ2) is 6.83. The van der Waals surface area contributed by atoms with Gasteiger partial charge in [-0.25, -0.2) is 0 Å². The van der Waals surface area contributed by atoms with Crippen molar-refractivity contribution < 1.29 is 13.9 Å². The highest BCUT2D eigenvalue weighted by Crippen LogP contribution is 2.16. The normalized spacial score (nSPS) is 10.3. The number of nitrogens with one attached hydrogen (secondary N) is 1. The monoisotopic (exact) mass is 307 g/mol. The van der Waals surface area contributed by atoms with Crippen LogP contribution in [0.2, 0.25) is 0 Å². The zero-order valence-electron chi connectivity index (χ0n) is 12.8. The first kappa shape index (κ1) is 14.9. The van der Waals surface area contributed by atoms with Gasteiger partial charge in [-0.2, -0.15) is 0 Å². The van der Waals surface area contributed by atoms with Crippen molar-refractivity contribution in [1.29, 1.82) is 0 Å². The van der Waals surface area contributed by atoms with Crippen molar-refractivity contribution in [2.24, 2.45) is 0 Å². The maximum absolute atomic E-state index is 12.1. The van der Waals surface area contributed by atoms with Gasteiger partial charge in [-0.05, 0) is 48.9 Å². The smallest absolute Gasteiger partial charge is 0.291 e. The van der Waals surface area contributed by atoms with E-state index in [2.05, 4.69) is 5.32 Å². The molecule has 0 spiro atoms. The summed E-state index contributed by atoms with van der Waals surface area (Å²) in [6.07, 6.45) is 0. The van der Waals surface area contributed by atoms with Gasteiger partial charge in [0.2, 0.25) is 0 Å². The number of para-hydroxylation sites is 1. The van der Waals surface area contributed by atoms with Crippen LogP contribution in [0.3, 0.4) is 0 Å². The number of anilines is 1. The van der Waals surface area contributed by atoms with Gasteiger partial charge in [0.15, 0.2) is 5.76 Å². The van der Waals surface area contributed by atoms with Gasteiger partial charge in [0.25, 0.3) is 5.91 Å². The Morgan fingerprint density at radius 3 is 2.65 bits per heavy atom. The maximum Gasteiger partial charge on any atom is 0.291 e. The maximum atomic E-state index is 12.1. The molecule has 0 fully saturated rings. The summed E-state index contributed by atoms with van der Waals surface area (Å²) in [4.78, 5) is 12.1. The molecule has 3 aromatic rings. The highest BCUT2D eigenvalue weighted by Gasteiger charge is 2.11. The number of furan rings is 1. The minimum atomic E-state index is -0.280. The summed E-state index contributed by atoms with van der Waals surface area (Å²) in [5, 5.41) is 2.78. The van der Waals surface area contributed by atoms with Crippen LogP contribution in [0, 0.1) is 6.92 Å². The predicted molar refractivity (Wildman–Crippen MR) is 88.6 cm³/mol. The number of hydrogen-bond acceptors (Lipinski definition) is 3. The number of aryl methyl sites for hydroxylation is 1. The molecular formula is C19H17NO3. The largest absolute Gasteiger partial charge is 0.486 e. The van der Waals surface area contributed by atoms with E-state index in [9.17, 15) is 4.79 Å². The standard InChI is InChI=1S/C19H17NO3/c1-14-6-5-9-16(12-14)22-13-17-10-11-18(23-17)19(21)20-15-7-3-2-4-8-15/h2-12H,13H2,1H3,(H,20,21). The molecular weight excluding hydrogens is 290 g/mol. The summed E-state index contributed by atoms with van der Waals surface area (Å²) in [6.45, 7) is 2.29. The number of amides is 1. The lowest BCUT2D eigenvalue weighted by Crippen LogP contribution is -2.10. The van der Waals surface area contributed by atoms with Crippen molar-refractivity contribution in [3.63, 3.8) is 0 Å². The quantitative estimate of drug-likeness (QED) is 0.759. The average Bonchev–Trinajstić information content (AvgIpc) is 3.03. The summed E-state index contributed by atoms with van der Waals surface area (Å²) < 4.78 is 11.2. The van der Waals surface area contributed by atoms with Crippen molar-refractivity contribution in [2.45, 2.75) is 13.5 Å². The van der Waals surface area contributed by atoms with Gasteiger partial charge in [0, 0.05) is 5.69 Å². The minimum Gasteiger partial charge on any atom is -0.486 e. The van der Waals surface area contributed by atoms with E-state index in [1.54, 1.807) is 12.1 Å². The Hall–Kier alpha value is -3.01. The average molecular weight is 307 g/mol. The molecule has 1 amide bonds. The van der Waals surface area contributed by atoms with Gasteiger partial charge < -0.3 is 14.5 Å². The number of carbonyl (C=O) groups is 1. The van der Waals surface area contributed by atoms with Crippen LogP contribution < -0.4 is 10.1 Å². The molecule has 0 unspecified atom stereocenters. The molecule has 4 nitrogen and oxygen atoms in total. The highest BCUT2D eigenvalue weighted by atomic mass is 16.5. The summed E-state index contributed by atoms with van der Waals surface area (Å²) in [5.41, 5.74) is 1.86. The highest BCUT2D eigenvalue weighted by molar-refractivity contribution is 6.02. The number of hydrogen-bond donors (Lipinski definition) is 1. The van der Waals surface area contributed by atoms with Crippen molar-refractivity contribution in [1.82, 2.24) is 0 Å². The molecule has 0 aliphatic carbocycles. The van der Waals surface area contributed by atoms with Gasteiger partial charge in [-0.3, -0.25) is 4.79 Å². The second-order valence-electron chi connectivity index (χ2n) is 5.19. The molecule has 0 saturated heterocycles. The Morgan fingerprint density at radius 1 is 1.04 bits per heavy atom. The summed E-state index contributed by atoms with van der Waals surface area (Å²) in [5.74, 6) is 1.36. The van der Waals surface area contributed by atoms with Gasteiger partial charge in [0.1, 0.15) is 18.1 Å². The first-order chi connectivity index (χ1) is 11.2. The van der Waals surface area contributed by atoms with Crippen LogP contribution >= 0.6 is 0 Å². The van der Waals surface area contributed by atoms with Crippen molar-refractivity contribution in [2.75, 3.05) is 5.32 Å². The third-order valence-electron chi connectivity index (χ3n) is 3.29. The molecule has 0 bridgehead atoms. The third kappa shape index (κ3) is 4.01. The molecule has 23 heavy (non-hydrogen) atoms. The van der Waals surface area contributed by atoms with Crippen LogP contribution in [-0.4, -0.2) is 5.91 Å². The number of rotatable bonds is 5. The minimum absolute atomic E-state index is 0.261. The van der Waals surface area contributed by atoms with Crippen molar-refractivity contribution in [3.8, 4) is 5.75 Å². The van der Waals surface area contributed by atoms with E-state index < -0.39 is 0 Å². The van der Waals surface area contributed by atoms with E-state index in [0.29, 0.717) is 5.76 Å². The lowest BCUT2D eigenvalue weighted by atomic mass is 10.2. The number of ether oxygens (including phenoxy) is 1. The fourth-order valence-corrected chi connectivity index (χ4v) is 2.15. The Balaban J connectivity index is 1.60. The molecule has 1 aromatic heterocycles. The molecule has 0 saturated carbocycles. The van der Waals surface area contributed by atoms with Crippen LogP contribution in [0.15, 0.2) is 71.1 Å². The second-order valence-corrected chi connectivity index (χ2v) is 5.19. The Bertz CT molecular complexity index is 793.